The normalized spacial score (nSPS) is 9.91. The average molecular weight is 324 g/mol. The Balaban J connectivity index is 2.21. The van der Waals surface area contributed by atoms with E-state index in [4.69, 9.17) is 4.74 Å². The predicted octanol–water partition coefficient (Wildman–Crippen LogP) is 0.883. The van der Waals surface area contributed by atoms with Crippen molar-refractivity contribution in [2.45, 2.75) is 18.7 Å². The van der Waals surface area contributed by atoms with Gasteiger partial charge in [0.2, 0.25) is 5.91 Å². The highest BCUT2D eigenvalue weighted by molar-refractivity contribution is 8.00. The van der Waals surface area contributed by atoms with Crippen LogP contribution in [0.1, 0.15) is 12.5 Å². The number of benzene rings is 1. The highest BCUT2D eigenvalue weighted by Crippen LogP contribution is 2.21. The summed E-state index contributed by atoms with van der Waals surface area (Å²) in [6.07, 6.45) is 0. The number of hydrogen-bond donors (Lipinski definition) is 2. The van der Waals surface area contributed by atoms with E-state index in [-0.39, 0.29) is 24.8 Å². The van der Waals surface area contributed by atoms with Gasteiger partial charge in [0.25, 0.3) is 5.91 Å². The Kier molecular flexibility index (Phi) is 8.06. The van der Waals surface area contributed by atoms with Crippen molar-refractivity contribution in [3.8, 4) is 0 Å². The van der Waals surface area contributed by atoms with Crippen molar-refractivity contribution in [2.75, 3.05) is 25.4 Å². The fourth-order valence-electron chi connectivity index (χ4n) is 1.53. The molecule has 1 aromatic carbocycles. The SMILES string of the molecule is CCNC(=O)CNC(=O)COC(=O)CSc1ccccc1C. The fourth-order valence-corrected chi connectivity index (χ4v) is 2.36. The van der Waals surface area contributed by atoms with Gasteiger partial charge >= 0.3 is 5.97 Å². The molecule has 0 aromatic heterocycles. The number of carbonyl (C=O) groups is 3. The molecule has 0 bridgehead atoms. The van der Waals surface area contributed by atoms with Crippen LogP contribution in [-0.4, -0.2) is 43.2 Å². The van der Waals surface area contributed by atoms with Gasteiger partial charge in [0, 0.05) is 11.4 Å². The van der Waals surface area contributed by atoms with Crippen molar-refractivity contribution in [2.24, 2.45) is 0 Å². The summed E-state index contributed by atoms with van der Waals surface area (Å²) < 4.78 is 4.85. The van der Waals surface area contributed by atoms with Crippen LogP contribution in [0, 0.1) is 6.92 Å². The van der Waals surface area contributed by atoms with Gasteiger partial charge in [0.05, 0.1) is 12.3 Å². The molecule has 0 aliphatic carbocycles. The van der Waals surface area contributed by atoms with E-state index in [1.807, 2.05) is 31.2 Å². The molecule has 0 unspecified atom stereocenters. The first kappa shape index (κ1) is 18.0. The Morgan fingerprint density at radius 3 is 2.55 bits per heavy atom. The van der Waals surface area contributed by atoms with Gasteiger partial charge < -0.3 is 15.4 Å². The van der Waals surface area contributed by atoms with Gasteiger partial charge in [-0.25, -0.2) is 0 Å². The van der Waals surface area contributed by atoms with E-state index in [1.165, 1.54) is 11.8 Å². The molecule has 0 spiro atoms. The summed E-state index contributed by atoms with van der Waals surface area (Å²) in [5, 5.41) is 4.92. The second-order valence-electron chi connectivity index (χ2n) is 4.45. The summed E-state index contributed by atoms with van der Waals surface area (Å²) in [5.41, 5.74) is 1.08. The van der Waals surface area contributed by atoms with Crippen molar-refractivity contribution in [1.29, 1.82) is 0 Å². The highest BCUT2D eigenvalue weighted by Gasteiger charge is 2.10. The lowest BCUT2D eigenvalue weighted by atomic mass is 10.2. The van der Waals surface area contributed by atoms with Crippen LogP contribution < -0.4 is 10.6 Å². The second-order valence-corrected chi connectivity index (χ2v) is 5.46. The third-order valence-electron chi connectivity index (χ3n) is 2.62. The highest BCUT2D eigenvalue weighted by atomic mass is 32.2. The molecule has 1 rings (SSSR count). The molecule has 0 aliphatic heterocycles. The van der Waals surface area contributed by atoms with E-state index in [2.05, 4.69) is 10.6 Å². The van der Waals surface area contributed by atoms with E-state index in [0.29, 0.717) is 6.54 Å². The molecule has 120 valence electrons. The topological polar surface area (TPSA) is 84.5 Å². The zero-order valence-corrected chi connectivity index (χ0v) is 13.5. The minimum Gasteiger partial charge on any atom is -0.455 e. The Morgan fingerprint density at radius 1 is 1.14 bits per heavy atom. The standard InChI is InChI=1S/C15H20N2O4S/c1-3-16-13(18)8-17-14(19)9-21-15(20)10-22-12-7-5-4-6-11(12)2/h4-7H,3,8-10H2,1-2H3,(H,16,18)(H,17,19). The molecule has 0 aliphatic rings. The third kappa shape index (κ3) is 7.12. The minimum atomic E-state index is -0.500. The predicted molar refractivity (Wildman–Crippen MR) is 84.6 cm³/mol. The molecule has 0 atom stereocenters. The van der Waals surface area contributed by atoms with E-state index < -0.39 is 11.9 Å². The van der Waals surface area contributed by atoms with Crippen LogP contribution in [0.4, 0.5) is 0 Å². The van der Waals surface area contributed by atoms with Crippen LogP contribution in [0.5, 0.6) is 0 Å². The van der Waals surface area contributed by atoms with Crippen molar-refractivity contribution < 1.29 is 19.1 Å². The summed E-state index contributed by atoms with van der Waals surface area (Å²) in [6.45, 7) is 3.74. The van der Waals surface area contributed by atoms with Gasteiger partial charge in [-0.05, 0) is 25.5 Å². The van der Waals surface area contributed by atoms with Gasteiger partial charge in [-0.1, -0.05) is 18.2 Å². The van der Waals surface area contributed by atoms with Crippen molar-refractivity contribution in [3.63, 3.8) is 0 Å². The lowest BCUT2D eigenvalue weighted by molar-refractivity contribution is -0.146. The lowest BCUT2D eigenvalue weighted by Gasteiger charge is -2.07. The molecule has 22 heavy (non-hydrogen) atoms. The van der Waals surface area contributed by atoms with Gasteiger partial charge in [0.15, 0.2) is 6.61 Å². The number of carbonyl (C=O) groups excluding carboxylic acids is 3. The first-order valence-electron chi connectivity index (χ1n) is 6.90. The monoisotopic (exact) mass is 324 g/mol. The lowest BCUT2D eigenvalue weighted by Crippen LogP contribution is -2.38. The Bertz CT molecular complexity index is 534. The van der Waals surface area contributed by atoms with E-state index >= 15 is 0 Å². The number of likely N-dealkylation sites (N-methyl/N-ethyl adjacent to an activating group) is 1. The molecule has 7 heteroatoms. The van der Waals surface area contributed by atoms with Crippen LogP contribution in [0.25, 0.3) is 0 Å². The molecule has 2 N–H and O–H groups in total. The number of rotatable bonds is 8. The van der Waals surface area contributed by atoms with Crippen LogP contribution in [0.15, 0.2) is 29.2 Å². The molecule has 6 nitrogen and oxygen atoms in total. The Morgan fingerprint density at radius 2 is 1.86 bits per heavy atom. The Hall–Kier alpha value is -2.02. The molecule has 0 saturated carbocycles. The molecular weight excluding hydrogens is 304 g/mol. The van der Waals surface area contributed by atoms with Gasteiger partial charge in [-0.3, -0.25) is 14.4 Å². The van der Waals surface area contributed by atoms with Crippen molar-refractivity contribution in [1.82, 2.24) is 10.6 Å². The summed E-state index contributed by atoms with van der Waals surface area (Å²) in [7, 11) is 0. The summed E-state index contributed by atoms with van der Waals surface area (Å²) in [4.78, 5) is 35.1. The maximum absolute atomic E-state index is 11.6. The number of nitrogens with one attached hydrogen (secondary N) is 2. The van der Waals surface area contributed by atoms with Crippen LogP contribution in [-0.2, 0) is 19.1 Å². The van der Waals surface area contributed by atoms with Crippen molar-refractivity contribution in [3.05, 3.63) is 29.8 Å². The maximum Gasteiger partial charge on any atom is 0.316 e. The Labute approximate surface area is 134 Å². The zero-order chi connectivity index (χ0) is 16.4. The number of esters is 1. The van der Waals surface area contributed by atoms with E-state index in [1.54, 1.807) is 6.92 Å². The zero-order valence-electron chi connectivity index (χ0n) is 12.7. The quantitative estimate of drug-likeness (QED) is 0.548. The van der Waals surface area contributed by atoms with Gasteiger partial charge in [-0.15, -0.1) is 11.8 Å². The minimum absolute atomic E-state index is 0.123. The van der Waals surface area contributed by atoms with Gasteiger partial charge in [0.1, 0.15) is 0 Å². The van der Waals surface area contributed by atoms with Crippen LogP contribution >= 0.6 is 11.8 Å². The first-order valence-corrected chi connectivity index (χ1v) is 7.89. The number of ether oxygens (including phenoxy) is 1. The van der Waals surface area contributed by atoms with E-state index in [9.17, 15) is 14.4 Å². The summed E-state index contributed by atoms with van der Waals surface area (Å²) in [6, 6.07) is 7.71. The number of amides is 2. The second kappa shape index (κ2) is 9.83. The molecule has 0 heterocycles. The molecule has 0 radical (unpaired) electrons. The van der Waals surface area contributed by atoms with Crippen LogP contribution in [0.2, 0.25) is 0 Å². The number of hydrogen-bond acceptors (Lipinski definition) is 5. The largest absolute Gasteiger partial charge is 0.455 e. The third-order valence-corrected chi connectivity index (χ3v) is 3.77. The molecular formula is C15H20N2O4S. The van der Waals surface area contributed by atoms with Gasteiger partial charge in [-0.2, -0.15) is 0 Å². The number of thioether (sulfide) groups is 1. The smallest absolute Gasteiger partial charge is 0.316 e. The molecule has 0 fully saturated rings. The summed E-state index contributed by atoms with van der Waals surface area (Å²) >= 11 is 1.36. The molecule has 2 amide bonds. The molecule has 0 saturated heterocycles. The molecule has 1 aromatic rings. The fraction of sp³-hybridized carbons (Fsp3) is 0.400. The van der Waals surface area contributed by atoms with E-state index in [0.717, 1.165) is 10.5 Å². The first-order chi connectivity index (χ1) is 10.5. The average Bonchev–Trinajstić information content (AvgIpc) is 2.50. The van der Waals surface area contributed by atoms with Crippen LogP contribution in [0.3, 0.4) is 0 Å². The summed E-state index contributed by atoms with van der Waals surface area (Å²) in [5.74, 6) is -1.12. The maximum atomic E-state index is 11.6. The van der Waals surface area contributed by atoms with Crippen molar-refractivity contribution >= 4 is 29.5 Å². The number of aryl methyl sites for hydroxylation is 1.